The number of benzene rings is 1. The lowest BCUT2D eigenvalue weighted by molar-refractivity contribution is -0.140. The Morgan fingerprint density at radius 2 is 2.00 bits per heavy atom. The molecule has 4 heterocycles. The number of nitrogens with one attached hydrogen (secondary N) is 2. The molecule has 51 heavy (non-hydrogen) atoms. The average molecular weight is 723 g/mol. The monoisotopic (exact) mass is 722 g/mol. The highest BCUT2D eigenvalue weighted by molar-refractivity contribution is 7.91. The number of allylic oxidation sites excluding steroid dienone is 1. The summed E-state index contributed by atoms with van der Waals surface area (Å²) in [5.74, 6) is 0.367. The van der Waals surface area contributed by atoms with E-state index < -0.39 is 44.3 Å². The minimum absolute atomic E-state index is 0.139. The second kappa shape index (κ2) is 13.6. The summed E-state index contributed by atoms with van der Waals surface area (Å²) in [6.45, 7) is 6.62. The van der Waals surface area contributed by atoms with Gasteiger partial charge in [0.2, 0.25) is 33.6 Å². The first-order valence-electron chi connectivity index (χ1n) is 18.5. The molecule has 13 heteroatoms. The molecule has 1 aromatic heterocycles. The minimum Gasteiger partial charge on any atom is -0.497 e. The second-order valence-corrected chi connectivity index (χ2v) is 17.8. The Balaban J connectivity index is 1.19. The van der Waals surface area contributed by atoms with Gasteiger partial charge in [0.1, 0.15) is 23.4 Å². The van der Waals surface area contributed by atoms with Gasteiger partial charge < -0.3 is 24.4 Å². The number of carbonyl (C=O) groups is 3. The van der Waals surface area contributed by atoms with E-state index in [2.05, 4.69) is 23.9 Å². The molecule has 0 spiro atoms. The van der Waals surface area contributed by atoms with Crippen molar-refractivity contribution >= 4 is 38.5 Å². The molecule has 0 radical (unpaired) electrons. The van der Waals surface area contributed by atoms with Gasteiger partial charge in [0.05, 0.1) is 25.0 Å². The van der Waals surface area contributed by atoms with Crippen molar-refractivity contribution in [2.75, 3.05) is 20.3 Å². The fourth-order valence-corrected chi connectivity index (χ4v) is 9.32. The number of hydrogen-bond acceptors (Lipinski definition) is 9. The standard InChI is InChI=1S/C38H50N4O8S/c1-5-24-17-23(2)9-6-7-10-25-21-38(25,36(45)41-51(46,47)37(3)14-15-37)40-33(44)31-20-27(22-42(31)32(43)18-24)50-35-29-13-12-26(48-4)19-30(29)28-11-8-16-49-34(28)39-35/h7,10,12-13,19,23-25,27,31H,5-6,8-9,11,14-18,20-22H2,1-4H3,(H,40,44)(H,41,45)/b10-7-/t23-,24+,25+,27+,31-,38+/m0/s1. The third-order valence-electron chi connectivity index (χ3n) is 11.8. The largest absolute Gasteiger partial charge is 0.497 e. The first kappa shape index (κ1) is 35.5. The predicted octanol–water partition coefficient (Wildman–Crippen LogP) is 4.58. The Morgan fingerprint density at radius 3 is 2.75 bits per heavy atom. The van der Waals surface area contributed by atoms with Gasteiger partial charge in [-0.05, 0) is 93.7 Å². The number of methoxy groups -OCH3 is 1. The fourth-order valence-electron chi connectivity index (χ4n) is 8.01. The van der Waals surface area contributed by atoms with Crippen LogP contribution in [0.4, 0.5) is 0 Å². The Kier molecular flexibility index (Phi) is 9.47. The normalized spacial score (nSPS) is 31.1. The highest BCUT2D eigenvalue weighted by Gasteiger charge is 2.63. The predicted molar refractivity (Wildman–Crippen MR) is 191 cm³/mol. The van der Waals surface area contributed by atoms with Crippen molar-refractivity contribution in [1.82, 2.24) is 19.9 Å². The molecule has 2 aromatic rings. The van der Waals surface area contributed by atoms with E-state index in [0.29, 0.717) is 49.3 Å². The zero-order valence-electron chi connectivity index (χ0n) is 30.0. The van der Waals surface area contributed by atoms with Gasteiger partial charge in [0, 0.05) is 29.7 Å². The summed E-state index contributed by atoms with van der Waals surface area (Å²) in [6, 6.07) is 4.79. The molecule has 3 fully saturated rings. The molecule has 2 saturated carbocycles. The first-order valence-corrected chi connectivity index (χ1v) is 20.0. The highest BCUT2D eigenvalue weighted by Crippen LogP contribution is 2.48. The number of rotatable bonds is 7. The van der Waals surface area contributed by atoms with Gasteiger partial charge in [-0.3, -0.25) is 19.1 Å². The summed E-state index contributed by atoms with van der Waals surface area (Å²) >= 11 is 0. The fraction of sp³-hybridized carbons (Fsp3) is 0.632. The van der Waals surface area contributed by atoms with E-state index in [1.54, 1.807) is 18.9 Å². The van der Waals surface area contributed by atoms with Crippen LogP contribution in [-0.4, -0.2) is 78.7 Å². The molecule has 5 aliphatic rings. The van der Waals surface area contributed by atoms with Crippen LogP contribution < -0.4 is 24.2 Å². The molecule has 12 nitrogen and oxygen atoms in total. The summed E-state index contributed by atoms with van der Waals surface area (Å²) < 4.78 is 45.6. The quantitative estimate of drug-likeness (QED) is 0.391. The van der Waals surface area contributed by atoms with Crippen LogP contribution in [0.2, 0.25) is 0 Å². The number of hydrogen-bond donors (Lipinski definition) is 2. The van der Waals surface area contributed by atoms with Crippen LogP contribution >= 0.6 is 0 Å². The number of pyridine rings is 1. The maximum Gasteiger partial charge on any atom is 0.259 e. The van der Waals surface area contributed by atoms with Crippen LogP contribution in [0.5, 0.6) is 17.5 Å². The van der Waals surface area contributed by atoms with E-state index in [4.69, 9.17) is 19.2 Å². The van der Waals surface area contributed by atoms with Gasteiger partial charge in [-0.2, -0.15) is 4.98 Å². The average Bonchev–Trinajstić information content (AvgIpc) is 3.99. The van der Waals surface area contributed by atoms with Gasteiger partial charge in [-0.15, -0.1) is 0 Å². The lowest BCUT2D eigenvalue weighted by Gasteiger charge is -2.28. The lowest BCUT2D eigenvalue weighted by atomic mass is 9.88. The molecule has 7 rings (SSSR count). The number of aryl methyl sites for hydroxylation is 1. The molecule has 0 bridgehead atoms. The first-order chi connectivity index (χ1) is 24.4. The number of fused-ring (bicyclic) bond motifs is 5. The number of aromatic nitrogens is 1. The molecular formula is C38H50N4O8S. The van der Waals surface area contributed by atoms with Crippen LogP contribution in [0, 0.1) is 17.8 Å². The molecule has 3 amide bonds. The second-order valence-electron chi connectivity index (χ2n) is 15.6. The van der Waals surface area contributed by atoms with Crippen molar-refractivity contribution < 1.29 is 37.0 Å². The van der Waals surface area contributed by atoms with E-state index in [9.17, 15) is 22.8 Å². The zero-order chi connectivity index (χ0) is 36.1. The highest BCUT2D eigenvalue weighted by atomic mass is 32.2. The minimum atomic E-state index is -3.93. The van der Waals surface area contributed by atoms with Crippen LogP contribution in [0.1, 0.15) is 90.5 Å². The van der Waals surface area contributed by atoms with Crippen LogP contribution in [0.25, 0.3) is 10.8 Å². The number of carbonyl (C=O) groups excluding carboxylic acids is 3. The maximum atomic E-state index is 14.3. The van der Waals surface area contributed by atoms with Crippen molar-refractivity contribution in [3.8, 4) is 17.5 Å². The molecule has 6 atom stereocenters. The van der Waals surface area contributed by atoms with Crippen molar-refractivity contribution in [2.24, 2.45) is 17.8 Å². The smallest absolute Gasteiger partial charge is 0.259 e. The van der Waals surface area contributed by atoms with E-state index in [1.165, 1.54) is 0 Å². The van der Waals surface area contributed by atoms with Gasteiger partial charge >= 0.3 is 0 Å². The molecular weight excluding hydrogens is 673 g/mol. The van der Waals surface area contributed by atoms with Crippen LogP contribution in [0.15, 0.2) is 30.4 Å². The molecule has 2 N–H and O–H groups in total. The summed E-state index contributed by atoms with van der Waals surface area (Å²) in [4.78, 5) is 48.6. The molecule has 1 aromatic carbocycles. The third kappa shape index (κ3) is 6.90. The lowest BCUT2D eigenvalue weighted by Crippen LogP contribution is -2.57. The summed E-state index contributed by atoms with van der Waals surface area (Å²) in [5.41, 5.74) is -0.436. The van der Waals surface area contributed by atoms with Crippen LogP contribution in [0.3, 0.4) is 0 Å². The van der Waals surface area contributed by atoms with Gasteiger partial charge in [0.25, 0.3) is 5.91 Å². The zero-order valence-corrected chi connectivity index (χ0v) is 30.9. The van der Waals surface area contributed by atoms with Gasteiger partial charge in [0.15, 0.2) is 0 Å². The summed E-state index contributed by atoms with van der Waals surface area (Å²) in [5, 5.41) is 4.67. The molecule has 2 aliphatic carbocycles. The Labute approximate surface area is 300 Å². The van der Waals surface area contributed by atoms with Gasteiger partial charge in [-0.25, -0.2) is 8.42 Å². The molecule has 276 valence electrons. The number of amides is 3. The molecule has 3 aliphatic heterocycles. The van der Waals surface area contributed by atoms with Crippen molar-refractivity contribution in [1.29, 1.82) is 0 Å². The van der Waals surface area contributed by atoms with Crippen molar-refractivity contribution in [2.45, 2.75) is 114 Å². The van der Waals surface area contributed by atoms with E-state index >= 15 is 0 Å². The third-order valence-corrected chi connectivity index (χ3v) is 13.9. The van der Waals surface area contributed by atoms with Crippen molar-refractivity contribution in [3.05, 3.63) is 35.9 Å². The number of sulfonamides is 1. The topological polar surface area (TPSA) is 153 Å². The van der Waals surface area contributed by atoms with E-state index in [-0.39, 0.29) is 37.1 Å². The van der Waals surface area contributed by atoms with Crippen molar-refractivity contribution in [3.63, 3.8) is 0 Å². The van der Waals surface area contributed by atoms with E-state index in [0.717, 1.165) is 54.9 Å². The Bertz CT molecular complexity index is 1860. The number of nitrogens with zero attached hydrogens (tertiary/aromatic N) is 2. The summed E-state index contributed by atoms with van der Waals surface area (Å²) in [7, 11) is -2.31. The van der Waals surface area contributed by atoms with Crippen LogP contribution in [-0.2, 0) is 30.8 Å². The molecule has 1 saturated heterocycles. The molecule has 0 unspecified atom stereocenters. The van der Waals surface area contributed by atoms with E-state index in [1.807, 2.05) is 30.4 Å². The number of ether oxygens (including phenoxy) is 3. The SMILES string of the molecule is CC[C@H]1CC(=O)N2C[C@H](Oc3nc4c(c5cc(OC)ccc35)CCCO4)C[C@H]2C(=O)N[C@]2(C(=O)NS(=O)(=O)C3(C)CC3)C[C@H]2/C=C\CC[C@H](C)C1. The Hall–Kier alpha value is -3.87. The summed E-state index contributed by atoms with van der Waals surface area (Å²) in [6.07, 6.45) is 10.2. The Morgan fingerprint density at radius 1 is 1.20 bits per heavy atom. The maximum absolute atomic E-state index is 14.3. The van der Waals surface area contributed by atoms with Gasteiger partial charge in [-0.1, -0.05) is 32.4 Å².